The molecule has 1 aliphatic rings. The average Bonchev–Trinajstić information content (AvgIpc) is 3.42. The van der Waals surface area contributed by atoms with Crippen LogP contribution in [0.4, 0.5) is 5.69 Å². The Kier molecular flexibility index (Phi) is 6.00. The molecule has 0 unspecified atom stereocenters. The topological polar surface area (TPSA) is 71.3 Å². The molecule has 2 N–H and O–H groups in total. The van der Waals surface area contributed by atoms with Crippen LogP contribution in [0.1, 0.15) is 33.7 Å². The fraction of sp³-hybridized carbons (Fsp3) is 0.217. The summed E-state index contributed by atoms with van der Waals surface area (Å²) in [6, 6.07) is 17.1. The van der Waals surface area contributed by atoms with E-state index >= 15 is 0 Å². The minimum atomic E-state index is -0.165. The first-order valence-electron chi connectivity index (χ1n) is 9.63. The van der Waals surface area contributed by atoms with E-state index in [-0.39, 0.29) is 17.6 Å². The lowest BCUT2D eigenvalue weighted by molar-refractivity contribution is -0.118. The Morgan fingerprint density at radius 3 is 2.72 bits per heavy atom. The monoisotopic (exact) mass is 406 g/mol. The molecule has 1 aliphatic carbocycles. The lowest BCUT2D eigenvalue weighted by Gasteiger charge is -2.11. The molecule has 2 amide bonds. The molecule has 2 aromatic carbocycles. The van der Waals surface area contributed by atoms with Crippen molar-refractivity contribution in [3.8, 4) is 0 Å². The summed E-state index contributed by atoms with van der Waals surface area (Å²) in [7, 11) is 0. The number of rotatable bonds is 7. The van der Waals surface area contributed by atoms with Crippen molar-refractivity contribution in [1.82, 2.24) is 5.32 Å². The van der Waals surface area contributed by atoms with Gasteiger partial charge in [0.05, 0.1) is 24.1 Å². The number of thioether (sulfide) groups is 1. The summed E-state index contributed by atoms with van der Waals surface area (Å²) in [5, 5.41) is 5.81. The molecule has 0 radical (unpaired) electrons. The quantitative estimate of drug-likeness (QED) is 0.570. The molecule has 1 aromatic heterocycles. The summed E-state index contributed by atoms with van der Waals surface area (Å²) >= 11 is 1.35. The van der Waals surface area contributed by atoms with Gasteiger partial charge in [-0.1, -0.05) is 18.2 Å². The molecule has 4 rings (SSSR count). The van der Waals surface area contributed by atoms with Crippen LogP contribution in [-0.2, 0) is 24.2 Å². The Morgan fingerprint density at radius 1 is 1.00 bits per heavy atom. The first-order valence-corrected chi connectivity index (χ1v) is 10.6. The van der Waals surface area contributed by atoms with Gasteiger partial charge in [0.1, 0.15) is 5.76 Å². The number of benzene rings is 2. The van der Waals surface area contributed by atoms with Gasteiger partial charge < -0.3 is 15.1 Å². The predicted octanol–water partition coefficient (Wildman–Crippen LogP) is 4.43. The van der Waals surface area contributed by atoms with Gasteiger partial charge in [-0.05, 0) is 66.8 Å². The van der Waals surface area contributed by atoms with E-state index in [0.717, 1.165) is 23.4 Å². The number of fused-ring (bicyclic) bond motifs is 1. The number of hydrogen-bond acceptors (Lipinski definition) is 4. The van der Waals surface area contributed by atoms with Crippen molar-refractivity contribution in [1.29, 1.82) is 0 Å². The van der Waals surface area contributed by atoms with Crippen molar-refractivity contribution in [2.24, 2.45) is 0 Å². The summed E-state index contributed by atoms with van der Waals surface area (Å²) in [6.45, 7) is 0.354. The molecule has 0 saturated heterocycles. The molecular formula is C23H22N2O3S. The van der Waals surface area contributed by atoms with Crippen molar-refractivity contribution in [2.75, 3.05) is 11.1 Å². The van der Waals surface area contributed by atoms with Gasteiger partial charge in [0.15, 0.2) is 0 Å². The molecule has 5 nitrogen and oxygen atoms in total. The Hall–Kier alpha value is -2.99. The van der Waals surface area contributed by atoms with Crippen molar-refractivity contribution in [3.63, 3.8) is 0 Å². The van der Waals surface area contributed by atoms with Gasteiger partial charge in [0.25, 0.3) is 5.91 Å². The fourth-order valence-corrected chi connectivity index (χ4v) is 4.30. The highest BCUT2D eigenvalue weighted by atomic mass is 32.2. The molecule has 6 heteroatoms. The molecule has 3 aromatic rings. The van der Waals surface area contributed by atoms with Crippen LogP contribution < -0.4 is 10.6 Å². The second-order valence-corrected chi connectivity index (χ2v) is 7.95. The summed E-state index contributed by atoms with van der Waals surface area (Å²) in [4.78, 5) is 25.7. The number of amides is 2. The number of aryl methyl sites for hydroxylation is 2. The Labute approximate surface area is 173 Å². The van der Waals surface area contributed by atoms with E-state index in [1.54, 1.807) is 18.4 Å². The molecule has 0 aliphatic heterocycles. The average molecular weight is 407 g/mol. The van der Waals surface area contributed by atoms with E-state index in [2.05, 4.69) is 22.8 Å². The van der Waals surface area contributed by atoms with E-state index in [0.29, 0.717) is 17.9 Å². The Morgan fingerprint density at radius 2 is 1.86 bits per heavy atom. The standard InChI is InChI=1S/C23H22N2O3S/c26-22(24-14-19-7-4-12-28-19)15-29-21-9-2-1-8-20(21)23(27)25-18-11-10-16-5-3-6-17(16)13-18/h1-2,4,7-13H,3,5-6,14-15H2,(H,24,26)(H,25,27). The Bertz CT molecular complexity index is 1010. The van der Waals surface area contributed by atoms with Crippen LogP contribution in [0.15, 0.2) is 70.2 Å². The SMILES string of the molecule is O=C(CSc1ccccc1C(=O)Nc1ccc2c(c1)CCC2)NCc1ccco1. The lowest BCUT2D eigenvalue weighted by atomic mass is 10.1. The number of carbonyl (C=O) groups is 2. The third-order valence-corrected chi connectivity index (χ3v) is 5.96. The van der Waals surface area contributed by atoms with Gasteiger partial charge in [-0.3, -0.25) is 9.59 Å². The molecule has 0 saturated carbocycles. The highest BCUT2D eigenvalue weighted by Crippen LogP contribution is 2.27. The van der Waals surface area contributed by atoms with Crippen LogP contribution in [0.5, 0.6) is 0 Å². The number of furan rings is 1. The molecular weight excluding hydrogens is 384 g/mol. The minimum absolute atomic E-state index is 0.111. The van der Waals surface area contributed by atoms with E-state index < -0.39 is 0 Å². The van der Waals surface area contributed by atoms with Gasteiger partial charge in [0.2, 0.25) is 5.91 Å². The second kappa shape index (κ2) is 9.01. The highest BCUT2D eigenvalue weighted by Gasteiger charge is 2.15. The van der Waals surface area contributed by atoms with Gasteiger partial charge in [-0.2, -0.15) is 0 Å². The maximum absolute atomic E-state index is 12.8. The molecule has 0 spiro atoms. The van der Waals surface area contributed by atoms with E-state index in [1.165, 1.54) is 29.3 Å². The largest absolute Gasteiger partial charge is 0.467 e. The first-order chi connectivity index (χ1) is 14.2. The lowest BCUT2D eigenvalue weighted by Crippen LogP contribution is -2.24. The van der Waals surface area contributed by atoms with Crippen LogP contribution >= 0.6 is 11.8 Å². The molecule has 0 atom stereocenters. The van der Waals surface area contributed by atoms with Crippen molar-refractivity contribution < 1.29 is 14.0 Å². The van der Waals surface area contributed by atoms with E-state index in [1.807, 2.05) is 30.3 Å². The van der Waals surface area contributed by atoms with Crippen LogP contribution in [0.3, 0.4) is 0 Å². The number of carbonyl (C=O) groups excluding carboxylic acids is 2. The normalized spacial score (nSPS) is 12.4. The maximum Gasteiger partial charge on any atom is 0.256 e. The first kappa shape index (κ1) is 19.3. The van der Waals surface area contributed by atoms with Crippen molar-refractivity contribution in [3.05, 3.63) is 83.3 Å². The molecule has 29 heavy (non-hydrogen) atoms. The zero-order valence-corrected chi connectivity index (χ0v) is 16.8. The summed E-state index contributed by atoms with van der Waals surface area (Å²) in [5.41, 5.74) is 4.07. The minimum Gasteiger partial charge on any atom is -0.467 e. The van der Waals surface area contributed by atoms with Crippen molar-refractivity contribution in [2.45, 2.75) is 30.7 Å². The molecule has 1 heterocycles. The van der Waals surface area contributed by atoms with Crippen LogP contribution in [0.25, 0.3) is 0 Å². The number of anilines is 1. The zero-order chi connectivity index (χ0) is 20.1. The van der Waals surface area contributed by atoms with Crippen molar-refractivity contribution >= 4 is 29.3 Å². The summed E-state index contributed by atoms with van der Waals surface area (Å²) in [5.74, 6) is 0.656. The highest BCUT2D eigenvalue weighted by molar-refractivity contribution is 8.00. The second-order valence-electron chi connectivity index (χ2n) is 6.93. The van der Waals surface area contributed by atoms with Gasteiger partial charge in [-0.15, -0.1) is 11.8 Å². The predicted molar refractivity (Wildman–Crippen MR) is 114 cm³/mol. The van der Waals surface area contributed by atoms with Crippen LogP contribution in [0.2, 0.25) is 0 Å². The summed E-state index contributed by atoms with van der Waals surface area (Å²) in [6.07, 6.45) is 4.93. The molecule has 0 fully saturated rings. The molecule has 148 valence electrons. The van der Waals surface area contributed by atoms with Gasteiger partial charge in [0, 0.05) is 10.6 Å². The third-order valence-electron chi connectivity index (χ3n) is 4.89. The van der Waals surface area contributed by atoms with Crippen LogP contribution in [0, 0.1) is 0 Å². The Balaban J connectivity index is 1.37. The van der Waals surface area contributed by atoms with Crippen LogP contribution in [-0.4, -0.2) is 17.6 Å². The fourth-order valence-electron chi connectivity index (χ4n) is 3.42. The van der Waals surface area contributed by atoms with Gasteiger partial charge in [-0.25, -0.2) is 0 Å². The van der Waals surface area contributed by atoms with E-state index in [9.17, 15) is 9.59 Å². The number of nitrogens with one attached hydrogen (secondary N) is 2. The number of hydrogen-bond donors (Lipinski definition) is 2. The van der Waals surface area contributed by atoms with E-state index in [4.69, 9.17) is 4.42 Å². The zero-order valence-electron chi connectivity index (χ0n) is 15.9. The summed E-state index contributed by atoms with van der Waals surface area (Å²) < 4.78 is 5.21. The molecule has 0 bridgehead atoms. The maximum atomic E-state index is 12.8. The van der Waals surface area contributed by atoms with Gasteiger partial charge >= 0.3 is 0 Å². The third kappa shape index (κ3) is 4.90. The smallest absolute Gasteiger partial charge is 0.256 e.